The van der Waals surface area contributed by atoms with Gasteiger partial charge in [-0.1, -0.05) is 6.07 Å². The van der Waals surface area contributed by atoms with Crippen molar-refractivity contribution < 1.29 is 4.74 Å². The highest BCUT2D eigenvalue weighted by Crippen LogP contribution is 2.38. The quantitative estimate of drug-likeness (QED) is 0.803. The number of anilines is 2. The Hall–Kier alpha value is -1.38. The summed E-state index contributed by atoms with van der Waals surface area (Å²) in [5.74, 6) is 0.929. The maximum Gasteiger partial charge on any atom is 0.144 e. The average Bonchev–Trinajstić information content (AvgIpc) is 2.28. The van der Waals surface area contributed by atoms with Crippen molar-refractivity contribution >= 4 is 11.4 Å². The van der Waals surface area contributed by atoms with E-state index in [-0.39, 0.29) is 0 Å². The number of methoxy groups -OCH3 is 1. The zero-order chi connectivity index (χ0) is 10.8. The lowest BCUT2D eigenvalue weighted by Crippen LogP contribution is -2.41. The van der Waals surface area contributed by atoms with E-state index in [1.54, 1.807) is 7.11 Å². The molecule has 1 atom stereocenters. The summed E-state index contributed by atoms with van der Waals surface area (Å²) in [6.45, 7) is 6.42. The number of ether oxygens (including phenoxy) is 1. The summed E-state index contributed by atoms with van der Waals surface area (Å²) in [7, 11) is 1.71. The third-order valence-electron chi connectivity index (χ3n) is 2.98. The second-order valence-electron chi connectivity index (χ2n) is 3.87. The molecule has 3 nitrogen and oxygen atoms in total. The molecule has 1 unspecified atom stereocenters. The molecule has 0 aliphatic carbocycles. The molecule has 1 aliphatic heterocycles. The van der Waals surface area contributed by atoms with Crippen molar-refractivity contribution in [3.8, 4) is 5.75 Å². The predicted molar refractivity (Wildman–Crippen MR) is 64.0 cm³/mol. The van der Waals surface area contributed by atoms with Gasteiger partial charge >= 0.3 is 0 Å². The van der Waals surface area contributed by atoms with Gasteiger partial charge in [-0.05, 0) is 26.0 Å². The Morgan fingerprint density at radius 2 is 2.33 bits per heavy atom. The van der Waals surface area contributed by atoms with Crippen LogP contribution >= 0.6 is 0 Å². The van der Waals surface area contributed by atoms with Gasteiger partial charge in [0.2, 0.25) is 0 Å². The molecule has 1 aromatic rings. The zero-order valence-corrected chi connectivity index (χ0v) is 9.58. The summed E-state index contributed by atoms with van der Waals surface area (Å²) >= 11 is 0. The first kappa shape index (κ1) is 10.1. The second kappa shape index (κ2) is 4.01. The highest BCUT2D eigenvalue weighted by molar-refractivity contribution is 5.78. The Morgan fingerprint density at radius 3 is 3.00 bits per heavy atom. The number of hydrogen-bond acceptors (Lipinski definition) is 3. The Bertz CT molecular complexity index is 351. The topological polar surface area (TPSA) is 24.5 Å². The first-order chi connectivity index (χ1) is 7.27. The largest absolute Gasteiger partial charge is 0.495 e. The van der Waals surface area contributed by atoms with E-state index < -0.39 is 0 Å². The van der Waals surface area contributed by atoms with Crippen LogP contribution in [0.4, 0.5) is 11.4 Å². The summed E-state index contributed by atoms with van der Waals surface area (Å²) in [5.41, 5.74) is 2.37. The normalized spacial score (nSPS) is 19.4. The molecular weight excluding hydrogens is 188 g/mol. The molecule has 3 heteroatoms. The Labute approximate surface area is 91.0 Å². The van der Waals surface area contributed by atoms with Crippen molar-refractivity contribution in [2.24, 2.45) is 0 Å². The van der Waals surface area contributed by atoms with Gasteiger partial charge < -0.3 is 15.0 Å². The minimum absolute atomic E-state index is 0.537. The molecular formula is C12H18N2O. The number of rotatable bonds is 2. The molecule has 82 valence electrons. The van der Waals surface area contributed by atoms with Crippen LogP contribution in [0.25, 0.3) is 0 Å². The van der Waals surface area contributed by atoms with E-state index in [9.17, 15) is 0 Å². The summed E-state index contributed by atoms with van der Waals surface area (Å²) < 4.78 is 5.35. The van der Waals surface area contributed by atoms with Crippen LogP contribution in [0.15, 0.2) is 18.2 Å². The van der Waals surface area contributed by atoms with Crippen LogP contribution in [-0.2, 0) is 0 Å². The van der Waals surface area contributed by atoms with Crippen molar-refractivity contribution in [1.82, 2.24) is 0 Å². The molecule has 2 rings (SSSR count). The van der Waals surface area contributed by atoms with Gasteiger partial charge in [0.05, 0.1) is 12.8 Å². The van der Waals surface area contributed by atoms with Crippen LogP contribution < -0.4 is 15.0 Å². The van der Waals surface area contributed by atoms with Crippen molar-refractivity contribution in [2.75, 3.05) is 30.4 Å². The molecule has 0 amide bonds. The van der Waals surface area contributed by atoms with Crippen LogP contribution in [0.2, 0.25) is 0 Å². The van der Waals surface area contributed by atoms with E-state index >= 15 is 0 Å². The van der Waals surface area contributed by atoms with Crippen LogP contribution in [0.1, 0.15) is 13.8 Å². The predicted octanol–water partition coefficient (Wildman–Crippen LogP) is 2.34. The van der Waals surface area contributed by atoms with Crippen molar-refractivity contribution in [2.45, 2.75) is 19.9 Å². The molecule has 1 aromatic carbocycles. The fourth-order valence-corrected chi connectivity index (χ4v) is 2.19. The van der Waals surface area contributed by atoms with Gasteiger partial charge in [0, 0.05) is 19.1 Å². The lowest BCUT2D eigenvalue weighted by molar-refractivity contribution is 0.415. The van der Waals surface area contributed by atoms with Gasteiger partial charge in [0.1, 0.15) is 11.4 Å². The van der Waals surface area contributed by atoms with E-state index in [2.05, 4.69) is 30.1 Å². The molecule has 0 fully saturated rings. The minimum Gasteiger partial charge on any atom is -0.495 e. The van der Waals surface area contributed by atoms with Gasteiger partial charge in [-0.15, -0.1) is 0 Å². The highest BCUT2D eigenvalue weighted by Gasteiger charge is 2.23. The smallest absolute Gasteiger partial charge is 0.144 e. The number of hydrogen-bond donors (Lipinski definition) is 1. The molecule has 0 saturated heterocycles. The molecule has 0 aromatic heterocycles. The summed E-state index contributed by atoms with van der Waals surface area (Å²) in [6.07, 6.45) is 0. The van der Waals surface area contributed by atoms with Gasteiger partial charge in [-0.25, -0.2) is 0 Å². The van der Waals surface area contributed by atoms with Gasteiger partial charge in [0.25, 0.3) is 0 Å². The molecule has 15 heavy (non-hydrogen) atoms. The molecule has 0 bridgehead atoms. The van der Waals surface area contributed by atoms with Crippen LogP contribution in [0, 0.1) is 0 Å². The Morgan fingerprint density at radius 1 is 1.53 bits per heavy atom. The summed E-state index contributed by atoms with van der Waals surface area (Å²) in [5, 5.41) is 3.43. The van der Waals surface area contributed by atoms with E-state index in [0.717, 1.165) is 24.5 Å². The molecule has 1 N–H and O–H groups in total. The monoisotopic (exact) mass is 206 g/mol. The number of benzene rings is 1. The fraction of sp³-hybridized carbons (Fsp3) is 0.500. The summed E-state index contributed by atoms with van der Waals surface area (Å²) in [6, 6.07) is 6.72. The highest BCUT2D eigenvalue weighted by atomic mass is 16.5. The number of nitrogens with zero attached hydrogens (tertiary/aromatic N) is 1. The van der Waals surface area contributed by atoms with Gasteiger partial charge in [-0.2, -0.15) is 0 Å². The van der Waals surface area contributed by atoms with Crippen LogP contribution in [0.5, 0.6) is 5.75 Å². The minimum atomic E-state index is 0.537. The van der Waals surface area contributed by atoms with Crippen molar-refractivity contribution in [3.63, 3.8) is 0 Å². The number of para-hydroxylation sites is 1. The number of likely N-dealkylation sites (N-methyl/N-ethyl adjacent to an activating group) is 1. The lowest BCUT2D eigenvalue weighted by atomic mass is 10.1. The Kier molecular flexibility index (Phi) is 2.71. The lowest BCUT2D eigenvalue weighted by Gasteiger charge is -2.37. The first-order valence-corrected chi connectivity index (χ1v) is 5.45. The van der Waals surface area contributed by atoms with Crippen molar-refractivity contribution in [1.29, 1.82) is 0 Å². The Balaban J connectivity index is 2.45. The van der Waals surface area contributed by atoms with Gasteiger partial charge in [0.15, 0.2) is 0 Å². The van der Waals surface area contributed by atoms with E-state index in [1.165, 1.54) is 5.69 Å². The second-order valence-corrected chi connectivity index (χ2v) is 3.87. The first-order valence-electron chi connectivity index (χ1n) is 5.45. The number of nitrogens with one attached hydrogen (secondary N) is 1. The standard InChI is InChI=1S/C12H18N2O/c1-4-14-9(2)8-13-12-10(14)6-5-7-11(12)15-3/h5-7,9,13H,4,8H2,1-3H3. The third-order valence-corrected chi connectivity index (χ3v) is 2.98. The van der Waals surface area contributed by atoms with E-state index in [0.29, 0.717) is 6.04 Å². The number of fused-ring (bicyclic) bond motifs is 1. The van der Waals surface area contributed by atoms with E-state index in [1.807, 2.05) is 12.1 Å². The van der Waals surface area contributed by atoms with Crippen LogP contribution in [-0.4, -0.2) is 26.2 Å². The summed E-state index contributed by atoms with van der Waals surface area (Å²) in [4.78, 5) is 2.40. The SMILES string of the molecule is CCN1c2cccc(OC)c2NCC1C. The molecule has 0 saturated carbocycles. The molecule has 1 aliphatic rings. The molecule has 0 spiro atoms. The van der Waals surface area contributed by atoms with Gasteiger partial charge in [-0.3, -0.25) is 0 Å². The average molecular weight is 206 g/mol. The molecule has 1 heterocycles. The zero-order valence-electron chi connectivity index (χ0n) is 9.58. The molecule has 0 radical (unpaired) electrons. The van der Waals surface area contributed by atoms with E-state index in [4.69, 9.17) is 4.74 Å². The maximum absolute atomic E-state index is 5.35. The van der Waals surface area contributed by atoms with Crippen LogP contribution in [0.3, 0.4) is 0 Å². The maximum atomic E-state index is 5.35. The van der Waals surface area contributed by atoms with Crippen molar-refractivity contribution in [3.05, 3.63) is 18.2 Å². The third kappa shape index (κ3) is 1.62. The fourth-order valence-electron chi connectivity index (χ4n) is 2.19.